The van der Waals surface area contributed by atoms with Gasteiger partial charge in [0.05, 0.1) is 0 Å². The molecule has 2 aromatic rings. The quantitative estimate of drug-likeness (QED) is 0.610. The molecule has 0 aliphatic heterocycles. The van der Waals surface area contributed by atoms with Crippen LogP contribution in [0, 0.1) is 13.8 Å². The molecule has 0 unspecified atom stereocenters. The van der Waals surface area contributed by atoms with E-state index in [0.29, 0.717) is 17.0 Å². The predicted molar refractivity (Wildman–Crippen MR) is 97.4 cm³/mol. The lowest BCUT2D eigenvalue weighted by molar-refractivity contribution is -0.144. The Bertz CT molecular complexity index is 791. The van der Waals surface area contributed by atoms with Crippen molar-refractivity contribution in [3.8, 4) is 5.75 Å². The number of aryl methyl sites for hydroxylation is 2. The number of carbonyl (C=O) groups is 3. The highest BCUT2D eigenvalue weighted by Gasteiger charge is 2.11. The Hall–Kier alpha value is -3.15. The number of nitrogens with one attached hydrogen (secondary N) is 1. The molecule has 26 heavy (non-hydrogen) atoms. The average Bonchev–Trinajstić information content (AvgIpc) is 2.57. The van der Waals surface area contributed by atoms with Crippen LogP contribution in [0.2, 0.25) is 0 Å². The second-order valence-electron chi connectivity index (χ2n) is 5.95. The highest BCUT2D eigenvalue weighted by molar-refractivity contribution is 5.98. The van der Waals surface area contributed by atoms with Gasteiger partial charge in [-0.25, -0.2) is 4.79 Å². The van der Waals surface area contributed by atoms with Crippen molar-refractivity contribution >= 4 is 23.3 Å². The van der Waals surface area contributed by atoms with Gasteiger partial charge in [0, 0.05) is 18.2 Å². The first-order valence-electron chi connectivity index (χ1n) is 8.11. The smallest absolute Gasteiger partial charge is 0.344 e. The maximum atomic E-state index is 12.0. The van der Waals surface area contributed by atoms with Crippen molar-refractivity contribution in [2.75, 3.05) is 18.5 Å². The first-order valence-corrected chi connectivity index (χ1v) is 8.11. The van der Waals surface area contributed by atoms with Gasteiger partial charge in [0.1, 0.15) is 5.75 Å². The molecule has 0 atom stereocenters. The van der Waals surface area contributed by atoms with E-state index < -0.39 is 5.97 Å². The third-order valence-corrected chi connectivity index (χ3v) is 3.44. The molecular formula is C20H21NO5. The summed E-state index contributed by atoms with van der Waals surface area (Å²) in [7, 11) is 0. The topological polar surface area (TPSA) is 81.7 Å². The van der Waals surface area contributed by atoms with Crippen LogP contribution in [0.3, 0.4) is 0 Å². The number of hydrogen-bond acceptors (Lipinski definition) is 5. The summed E-state index contributed by atoms with van der Waals surface area (Å²) in [6, 6.07) is 12.0. The van der Waals surface area contributed by atoms with Gasteiger partial charge in [-0.15, -0.1) is 0 Å². The van der Waals surface area contributed by atoms with E-state index in [2.05, 4.69) is 5.32 Å². The molecule has 6 nitrogen and oxygen atoms in total. The number of amides is 1. The van der Waals surface area contributed by atoms with Crippen LogP contribution in [0.5, 0.6) is 5.75 Å². The van der Waals surface area contributed by atoms with Crippen molar-refractivity contribution in [3.05, 3.63) is 59.2 Å². The Morgan fingerprint density at radius 3 is 2.12 bits per heavy atom. The van der Waals surface area contributed by atoms with Crippen molar-refractivity contribution in [1.82, 2.24) is 0 Å². The van der Waals surface area contributed by atoms with Crippen LogP contribution in [0.1, 0.15) is 28.4 Å². The minimum Gasteiger partial charge on any atom is -0.482 e. The Labute approximate surface area is 152 Å². The first-order chi connectivity index (χ1) is 12.3. The fraction of sp³-hybridized carbons (Fsp3) is 0.250. The minimum atomic E-state index is -0.618. The van der Waals surface area contributed by atoms with Crippen molar-refractivity contribution in [2.45, 2.75) is 20.8 Å². The molecule has 0 aromatic heterocycles. The molecule has 2 aromatic carbocycles. The van der Waals surface area contributed by atoms with Gasteiger partial charge in [-0.05, 0) is 61.4 Å². The summed E-state index contributed by atoms with van der Waals surface area (Å²) in [5.74, 6) is -0.562. The first kappa shape index (κ1) is 19.2. The molecule has 1 N–H and O–H groups in total. The summed E-state index contributed by atoms with van der Waals surface area (Å²) in [5, 5.41) is 2.61. The SMILES string of the molecule is CC(=O)Nc1ccc(C(=O)COC(=O)COc2cc(C)cc(C)c2)cc1. The number of Topliss-reactive ketones (excluding diaryl/α,β-unsaturated/α-hetero) is 1. The second kappa shape index (κ2) is 8.80. The molecule has 0 aliphatic carbocycles. The van der Waals surface area contributed by atoms with E-state index in [1.54, 1.807) is 24.3 Å². The molecule has 0 spiro atoms. The third kappa shape index (κ3) is 6.05. The van der Waals surface area contributed by atoms with Crippen molar-refractivity contribution in [2.24, 2.45) is 0 Å². The molecule has 6 heteroatoms. The second-order valence-corrected chi connectivity index (χ2v) is 5.95. The average molecular weight is 355 g/mol. The van der Waals surface area contributed by atoms with Crippen molar-refractivity contribution in [3.63, 3.8) is 0 Å². The number of benzene rings is 2. The van der Waals surface area contributed by atoms with Crippen LogP contribution in [0.15, 0.2) is 42.5 Å². The van der Waals surface area contributed by atoms with Crippen LogP contribution in [-0.4, -0.2) is 30.9 Å². The van der Waals surface area contributed by atoms with Crippen LogP contribution in [0.4, 0.5) is 5.69 Å². The number of anilines is 1. The summed E-state index contributed by atoms with van der Waals surface area (Å²) in [6.45, 7) is 4.65. The Kier molecular flexibility index (Phi) is 6.49. The Morgan fingerprint density at radius 2 is 1.54 bits per heavy atom. The maximum Gasteiger partial charge on any atom is 0.344 e. The summed E-state index contributed by atoms with van der Waals surface area (Å²) < 4.78 is 10.3. The fourth-order valence-electron chi connectivity index (χ4n) is 2.37. The molecule has 0 saturated carbocycles. The van der Waals surface area contributed by atoms with Crippen LogP contribution in [0.25, 0.3) is 0 Å². The van der Waals surface area contributed by atoms with Gasteiger partial charge in [-0.1, -0.05) is 6.07 Å². The summed E-state index contributed by atoms with van der Waals surface area (Å²) >= 11 is 0. The van der Waals surface area contributed by atoms with Crippen LogP contribution >= 0.6 is 0 Å². The molecule has 0 aliphatic rings. The Balaban J connectivity index is 1.80. The van der Waals surface area contributed by atoms with Crippen LogP contribution < -0.4 is 10.1 Å². The minimum absolute atomic E-state index is 0.193. The molecule has 136 valence electrons. The van der Waals surface area contributed by atoms with E-state index in [1.165, 1.54) is 6.92 Å². The van der Waals surface area contributed by atoms with Gasteiger partial charge in [0.2, 0.25) is 5.91 Å². The van der Waals surface area contributed by atoms with Crippen molar-refractivity contribution in [1.29, 1.82) is 0 Å². The standard InChI is InChI=1S/C20H21NO5/c1-13-8-14(2)10-18(9-13)25-12-20(24)26-11-19(23)16-4-6-17(7-5-16)21-15(3)22/h4-10H,11-12H2,1-3H3,(H,21,22). The van der Waals surface area contributed by atoms with E-state index in [-0.39, 0.29) is 24.9 Å². The normalized spacial score (nSPS) is 10.1. The summed E-state index contributed by atoms with van der Waals surface area (Å²) in [5.41, 5.74) is 3.05. The zero-order valence-electron chi connectivity index (χ0n) is 15.0. The number of ether oxygens (including phenoxy) is 2. The molecule has 1 amide bonds. The number of ketones is 1. The molecule has 0 fully saturated rings. The number of rotatable bonds is 7. The van der Waals surface area contributed by atoms with E-state index in [0.717, 1.165) is 11.1 Å². The molecule has 0 radical (unpaired) electrons. The Morgan fingerprint density at radius 1 is 0.923 bits per heavy atom. The highest BCUT2D eigenvalue weighted by atomic mass is 16.6. The molecule has 0 bridgehead atoms. The summed E-state index contributed by atoms with van der Waals surface area (Å²) in [6.07, 6.45) is 0. The highest BCUT2D eigenvalue weighted by Crippen LogP contribution is 2.16. The molecule has 0 saturated heterocycles. The van der Waals surface area contributed by atoms with Gasteiger partial charge in [0.25, 0.3) is 0 Å². The lowest BCUT2D eigenvalue weighted by atomic mass is 10.1. The maximum absolute atomic E-state index is 12.0. The number of carbonyl (C=O) groups excluding carboxylic acids is 3. The zero-order chi connectivity index (χ0) is 19.1. The molecule has 0 heterocycles. The van der Waals surface area contributed by atoms with Gasteiger partial charge in [-0.2, -0.15) is 0 Å². The number of esters is 1. The van der Waals surface area contributed by atoms with Gasteiger partial charge >= 0.3 is 5.97 Å². The zero-order valence-corrected chi connectivity index (χ0v) is 15.0. The lowest BCUT2D eigenvalue weighted by Crippen LogP contribution is -2.19. The van der Waals surface area contributed by atoms with E-state index >= 15 is 0 Å². The summed E-state index contributed by atoms with van der Waals surface area (Å²) in [4.78, 5) is 34.8. The van der Waals surface area contributed by atoms with E-state index in [1.807, 2.05) is 32.0 Å². The van der Waals surface area contributed by atoms with Crippen LogP contribution in [-0.2, 0) is 14.3 Å². The van der Waals surface area contributed by atoms with Gasteiger partial charge < -0.3 is 14.8 Å². The van der Waals surface area contributed by atoms with E-state index in [9.17, 15) is 14.4 Å². The fourth-order valence-corrected chi connectivity index (χ4v) is 2.37. The van der Waals surface area contributed by atoms with E-state index in [4.69, 9.17) is 9.47 Å². The number of hydrogen-bond donors (Lipinski definition) is 1. The van der Waals surface area contributed by atoms with Crippen molar-refractivity contribution < 1.29 is 23.9 Å². The van der Waals surface area contributed by atoms with Gasteiger partial charge in [-0.3, -0.25) is 9.59 Å². The lowest BCUT2D eigenvalue weighted by Gasteiger charge is -2.08. The molecular weight excluding hydrogens is 334 g/mol. The molecule has 2 rings (SSSR count). The largest absolute Gasteiger partial charge is 0.482 e. The monoisotopic (exact) mass is 355 g/mol. The predicted octanol–water partition coefficient (Wildman–Crippen LogP) is 3.07. The van der Waals surface area contributed by atoms with Gasteiger partial charge in [0.15, 0.2) is 19.0 Å². The third-order valence-electron chi connectivity index (χ3n) is 3.44.